The Labute approximate surface area is 547 Å². The van der Waals surface area contributed by atoms with Crippen molar-refractivity contribution in [2.24, 2.45) is 82.3 Å². The molecule has 0 fully saturated rings. The Bertz CT molecular complexity index is 5990. The first-order valence-corrected chi connectivity index (χ1v) is 29.1. The number of aromatic amines is 5. The second-order valence-corrected chi connectivity index (χ2v) is 23.6. The minimum atomic E-state index is -1.58. The van der Waals surface area contributed by atoms with Crippen molar-refractivity contribution in [2.75, 3.05) is 0 Å². The molecule has 0 aliphatic heterocycles. The number of nitrogens with zero attached hydrogens (tertiary/aromatic N) is 5. The summed E-state index contributed by atoms with van der Waals surface area (Å²) in [4.78, 5) is 171. The number of aromatic carboxylic acids is 5. The summed E-state index contributed by atoms with van der Waals surface area (Å²) in [7, 11) is 0. The number of carboxylic acid groups (broad SMARTS) is 5. The molecule has 16 aromatic rings. The van der Waals surface area contributed by atoms with Gasteiger partial charge in [0.05, 0.1) is 0 Å². The van der Waals surface area contributed by atoms with Gasteiger partial charge in [0.25, 0.3) is 29.5 Å². The lowest BCUT2D eigenvalue weighted by Gasteiger charge is -2.18. The zero-order valence-electron chi connectivity index (χ0n) is 50.1. The number of aliphatic imine (C=N–C) groups is 5. The van der Waals surface area contributed by atoms with Crippen LogP contribution < -0.4 is 57.3 Å². The van der Waals surface area contributed by atoms with Crippen molar-refractivity contribution in [1.82, 2.24) is 24.9 Å². The van der Waals surface area contributed by atoms with E-state index in [1.165, 1.54) is 60.7 Å². The van der Waals surface area contributed by atoms with E-state index in [9.17, 15) is 73.5 Å². The van der Waals surface area contributed by atoms with Crippen LogP contribution >= 0.6 is 0 Å². The number of carbonyl (C=O) groups is 10. The van der Waals surface area contributed by atoms with Gasteiger partial charge in [0, 0.05) is 53.9 Å². The Morgan fingerprint density at radius 1 is 0.200 bits per heavy atom. The van der Waals surface area contributed by atoms with Crippen LogP contribution in [0.2, 0.25) is 0 Å². The smallest absolute Gasteiger partial charge is 0.352 e. The van der Waals surface area contributed by atoms with E-state index in [2.05, 4.69) is 49.9 Å². The van der Waals surface area contributed by atoms with Crippen molar-refractivity contribution in [3.63, 3.8) is 0 Å². The van der Waals surface area contributed by atoms with Gasteiger partial charge < -0.3 is 108 Å². The van der Waals surface area contributed by atoms with Gasteiger partial charge >= 0.3 is 29.8 Å². The molecule has 35 nitrogen and oxygen atoms in total. The molecule has 490 valence electrons. The van der Waals surface area contributed by atoms with Crippen molar-refractivity contribution in [3.8, 4) is 0 Å². The summed E-state index contributed by atoms with van der Waals surface area (Å²) in [6, 6.07) is 14.6. The first-order valence-electron chi connectivity index (χ1n) is 29.1. The zero-order chi connectivity index (χ0) is 70.9. The molecule has 11 aromatic carbocycles. The molecular weight excluding hydrogens is 1300 g/mol. The molecule has 35 heteroatoms. The number of carboxylic acids is 5. The number of aromatic nitrogens is 5. The molecule has 0 aliphatic carbocycles. The van der Waals surface area contributed by atoms with Gasteiger partial charge in [0.1, 0.15) is 56.9 Å². The highest BCUT2D eigenvalue weighted by Crippen LogP contribution is 2.61. The topological polar surface area (TPSA) is 673 Å². The van der Waals surface area contributed by atoms with Crippen molar-refractivity contribution >= 4 is 251 Å². The fraction of sp³-hybridized carbons (Fsp3) is 0. The van der Waals surface area contributed by atoms with Crippen LogP contribution in [0.5, 0.6) is 0 Å². The summed E-state index contributed by atoms with van der Waals surface area (Å²) < 4.78 is 0. The fourth-order valence-corrected chi connectivity index (χ4v) is 14.9. The van der Waals surface area contributed by atoms with E-state index in [1.807, 2.05) is 0 Å². The lowest BCUT2D eigenvalue weighted by molar-refractivity contribution is 0.0682. The third-order valence-electron chi connectivity index (χ3n) is 18.2. The molecule has 0 atom stereocenters. The third-order valence-corrected chi connectivity index (χ3v) is 18.2. The van der Waals surface area contributed by atoms with Crippen LogP contribution in [-0.2, 0) is 0 Å². The third kappa shape index (κ3) is 7.84. The van der Waals surface area contributed by atoms with E-state index >= 15 is 0 Å². The summed E-state index contributed by atoms with van der Waals surface area (Å²) in [5.74, 6) is -17.1. The average Bonchev–Trinajstić information content (AvgIpc) is 1.46. The van der Waals surface area contributed by atoms with Gasteiger partial charge in [0.15, 0.2) is 29.8 Å². The number of benzene rings is 10. The number of rotatable bonds is 10. The Balaban J connectivity index is 1.31. The van der Waals surface area contributed by atoms with Crippen molar-refractivity contribution in [3.05, 3.63) is 118 Å². The molecule has 0 saturated heterocycles. The SMILES string of the molecule is NC(N)=NC(=O)c1[nH]c(C(=O)O)c2cc3c(cc12)c1c2cc4c(C(=O)O)[nH]c(C(=O)N=C(N)N)c4cc2c2c4cc5c(C(=O)O)[nH]c(C(=O)N=C(N)N)c5cc4c4c5cc6c(C(=O)O)[nH]c(C(=O)N=C(N)N)c6cc5c5c6cc7c(C(=O)O)[nH]c(C(=O)N=C(N)N)c7cc6c3c3c5c4c2c13. The molecule has 0 radical (unpaired) electrons. The van der Waals surface area contributed by atoms with Crippen LogP contribution in [-0.4, -0.2) is 140 Å². The molecule has 5 aromatic heterocycles. The Kier molecular flexibility index (Phi) is 11.8. The number of nitrogens with one attached hydrogen (secondary N) is 5. The van der Waals surface area contributed by atoms with Gasteiger partial charge in [-0.1, -0.05) is 0 Å². The summed E-state index contributed by atoms with van der Waals surface area (Å²) in [5, 5.41) is 58.1. The van der Waals surface area contributed by atoms with Gasteiger partial charge in [-0.25, -0.2) is 24.0 Å². The number of carbonyl (C=O) groups excluding carboxylic acids is 5. The van der Waals surface area contributed by atoms with E-state index in [1.54, 1.807) is 0 Å². The van der Waals surface area contributed by atoms with E-state index < -0.39 is 146 Å². The molecule has 5 heterocycles. The highest BCUT2D eigenvalue weighted by atomic mass is 16.4. The van der Waals surface area contributed by atoms with Crippen LogP contribution in [0.4, 0.5) is 0 Å². The van der Waals surface area contributed by atoms with Crippen LogP contribution in [0.25, 0.3) is 162 Å². The molecule has 5 amide bonds. The predicted molar refractivity (Wildman–Crippen MR) is 370 cm³/mol. The lowest BCUT2D eigenvalue weighted by atomic mass is 9.84. The van der Waals surface area contributed by atoms with E-state index in [-0.39, 0.29) is 135 Å². The van der Waals surface area contributed by atoms with E-state index in [4.69, 9.17) is 57.3 Å². The quantitative estimate of drug-likeness (QED) is 0.0509. The maximum Gasteiger partial charge on any atom is 0.352 e. The van der Waals surface area contributed by atoms with Gasteiger partial charge in [-0.3, -0.25) is 24.0 Å². The molecule has 100 heavy (non-hydrogen) atoms. The lowest BCUT2D eigenvalue weighted by Crippen LogP contribution is -2.24. The largest absolute Gasteiger partial charge is 0.477 e. The molecule has 0 saturated carbocycles. The number of hydrogen-bond donors (Lipinski definition) is 20. The summed E-state index contributed by atoms with van der Waals surface area (Å²) >= 11 is 0. The van der Waals surface area contributed by atoms with Crippen LogP contribution in [0.15, 0.2) is 85.6 Å². The first-order chi connectivity index (χ1) is 47.4. The van der Waals surface area contributed by atoms with E-state index in [0.717, 1.165) is 0 Å². The van der Waals surface area contributed by atoms with Gasteiger partial charge in [0.2, 0.25) is 0 Å². The summed E-state index contributed by atoms with van der Waals surface area (Å²) in [5.41, 5.74) is 52.5. The Morgan fingerprint density at radius 2 is 0.320 bits per heavy atom. The molecule has 0 aliphatic rings. The summed E-state index contributed by atoms with van der Waals surface area (Å²) in [6.45, 7) is 0. The molecule has 0 spiro atoms. The van der Waals surface area contributed by atoms with Gasteiger partial charge in [-0.05, 0) is 168 Å². The number of hydrogen-bond acceptors (Lipinski definition) is 10. The van der Waals surface area contributed by atoms with Gasteiger partial charge in [-0.15, -0.1) is 0 Å². The number of nitrogens with two attached hydrogens (primary N) is 10. The number of amides is 5. The molecular formula is C65H40N20O15. The highest BCUT2D eigenvalue weighted by Gasteiger charge is 2.36. The first kappa shape index (κ1) is 59.6. The molecule has 0 unspecified atom stereocenters. The van der Waals surface area contributed by atoms with Crippen molar-refractivity contribution in [1.29, 1.82) is 0 Å². The second-order valence-electron chi connectivity index (χ2n) is 23.6. The normalized spacial score (nSPS) is 12.0. The van der Waals surface area contributed by atoms with Crippen LogP contribution in [0.3, 0.4) is 0 Å². The molecule has 16 rings (SSSR count). The summed E-state index contributed by atoms with van der Waals surface area (Å²) in [6.07, 6.45) is 0. The minimum Gasteiger partial charge on any atom is -0.477 e. The van der Waals surface area contributed by atoms with Crippen LogP contribution in [0, 0.1) is 0 Å². The molecule has 30 N–H and O–H groups in total. The second kappa shape index (κ2) is 19.8. The fourth-order valence-electron chi connectivity index (χ4n) is 14.9. The maximum atomic E-state index is 14.3. The molecule has 0 bridgehead atoms. The van der Waals surface area contributed by atoms with Gasteiger partial charge in [-0.2, -0.15) is 25.0 Å². The van der Waals surface area contributed by atoms with Crippen molar-refractivity contribution < 1.29 is 73.5 Å². The number of fused-ring (bicyclic) bond motifs is 20. The standard InChI is InChI=1S/C65H40N20O15/c66-61(67)81-51(86)41-21-1-11-16(6-26(21)46(76-41)56(91)92)32-13-3-23-28(48(58(95)96)78-43(23)53(88)83-63(70)71)8-18(13)34-15-5-25-30(50(60(99)100)80-45(25)55(90)85-65(74)75)10-20(15)35-14-4-24-29(49(59(97)98)79-44(24)54(89)84-64(72)73)9-19(14)33-12-2-22-27(47(57(93)94)77-42(22)52(87)82-62(68)69)7-17(12)31(11)36-37(32)39(34)40(35)38(33)36/h1-10,76-80H,(H,91,92)(H,93,94)(H,95,96)(H,97,98)(H,99,100)(H4,66,67,81,86)(H4,68,69,82,87)(H4,70,71,83,88)(H4,72,73,84,89)(H4,74,75,85,90). The monoisotopic (exact) mass is 1340 g/mol. The van der Waals surface area contributed by atoms with E-state index in [0.29, 0.717) is 26.9 Å². The minimum absolute atomic E-state index is 0.0910. The Morgan fingerprint density at radius 3 is 0.430 bits per heavy atom. The van der Waals surface area contributed by atoms with Crippen molar-refractivity contribution in [2.45, 2.75) is 0 Å². The number of guanidine groups is 5. The maximum absolute atomic E-state index is 14.3. The highest BCUT2D eigenvalue weighted by molar-refractivity contribution is 6.61. The average molecular weight is 1340 g/mol. The van der Waals surface area contributed by atoms with Crippen LogP contribution in [0.1, 0.15) is 105 Å². The Hall–Kier alpha value is -15.5. The number of H-pyrrole nitrogens is 5. The predicted octanol–water partition coefficient (Wildman–Crippen LogP) is 4.50. The zero-order valence-corrected chi connectivity index (χ0v) is 50.1.